The van der Waals surface area contributed by atoms with E-state index >= 15 is 0 Å². The molecule has 1 aliphatic heterocycles. The van der Waals surface area contributed by atoms with Crippen molar-refractivity contribution in [3.05, 3.63) is 101 Å². The summed E-state index contributed by atoms with van der Waals surface area (Å²) in [6.45, 7) is 1.61. The second kappa shape index (κ2) is 11.8. The van der Waals surface area contributed by atoms with Crippen molar-refractivity contribution in [2.75, 3.05) is 26.2 Å². The van der Waals surface area contributed by atoms with Crippen molar-refractivity contribution < 1.29 is 27.5 Å². The lowest BCUT2D eigenvalue weighted by atomic mass is 10.0. The highest BCUT2D eigenvalue weighted by atomic mass is 19.4. The molecular weight excluding hydrogens is 497 g/mol. The minimum atomic E-state index is -4.95. The predicted molar refractivity (Wildman–Crippen MR) is 133 cm³/mol. The van der Waals surface area contributed by atoms with Gasteiger partial charge in [-0.25, -0.2) is 0 Å². The number of hydrogen-bond acceptors (Lipinski definition) is 5. The minimum Gasteiger partial charge on any atom is -0.406 e. The average Bonchev–Trinajstić information content (AvgIpc) is 2.92. The van der Waals surface area contributed by atoms with Crippen molar-refractivity contribution in [3.63, 3.8) is 0 Å². The number of carbonyl (C=O) groups excluding carboxylic acids is 2. The number of hydrogen-bond donors (Lipinski definition) is 1. The Morgan fingerprint density at radius 2 is 1.58 bits per heavy atom. The van der Waals surface area contributed by atoms with Crippen LogP contribution in [0.3, 0.4) is 0 Å². The smallest absolute Gasteiger partial charge is 0.406 e. The van der Waals surface area contributed by atoms with Crippen LogP contribution >= 0.6 is 0 Å². The normalized spacial score (nSPS) is 14.8. The number of nitrogens with zero attached hydrogens (tertiary/aromatic N) is 3. The predicted octanol–water partition coefficient (Wildman–Crippen LogP) is 4.27. The van der Waals surface area contributed by atoms with Crippen molar-refractivity contribution in [1.82, 2.24) is 15.1 Å². The minimum absolute atomic E-state index is 0.0723. The molecule has 0 bridgehead atoms. The summed E-state index contributed by atoms with van der Waals surface area (Å²) in [6, 6.07) is 23.2. The Bertz CT molecular complexity index is 1300. The molecule has 0 radical (unpaired) electrons. The van der Waals surface area contributed by atoms with E-state index in [1.165, 1.54) is 11.0 Å². The number of nitriles is 1. The lowest BCUT2D eigenvalue weighted by Gasteiger charge is -2.39. The van der Waals surface area contributed by atoms with E-state index in [0.717, 1.165) is 23.3 Å². The van der Waals surface area contributed by atoms with Gasteiger partial charge in [0.25, 0.3) is 5.91 Å². The second-order valence-electron chi connectivity index (χ2n) is 8.75. The summed E-state index contributed by atoms with van der Waals surface area (Å²) in [4.78, 5) is 29.9. The van der Waals surface area contributed by atoms with Gasteiger partial charge in [-0.3, -0.25) is 14.5 Å². The van der Waals surface area contributed by atoms with E-state index in [2.05, 4.69) is 10.1 Å². The summed E-state index contributed by atoms with van der Waals surface area (Å²) < 4.78 is 42.0. The van der Waals surface area contributed by atoms with Crippen molar-refractivity contribution in [2.45, 2.75) is 18.9 Å². The lowest BCUT2D eigenvalue weighted by molar-refractivity contribution is -0.274. The summed E-state index contributed by atoms with van der Waals surface area (Å²) >= 11 is 0. The molecule has 0 aliphatic carbocycles. The number of benzene rings is 3. The molecule has 0 unspecified atom stereocenters. The largest absolute Gasteiger partial charge is 0.573 e. The monoisotopic (exact) mass is 522 g/mol. The molecule has 0 spiro atoms. The van der Waals surface area contributed by atoms with Gasteiger partial charge in [0.2, 0.25) is 5.91 Å². The Balaban J connectivity index is 1.46. The summed E-state index contributed by atoms with van der Waals surface area (Å²) in [5, 5.41) is 12.2. The van der Waals surface area contributed by atoms with Gasteiger partial charge in [-0.05, 0) is 29.3 Å². The SMILES string of the molecule is N#Cc1cc(OC(F)(F)F)cc(C(=O)N2CCN([C@@H](C(=O)NCc3ccccc3)c3ccccc3)CC2)c1. The molecule has 0 aromatic heterocycles. The molecule has 1 fully saturated rings. The Morgan fingerprint density at radius 3 is 2.18 bits per heavy atom. The number of ether oxygens (including phenoxy) is 1. The first-order chi connectivity index (χ1) is 18.2. The number of halogens is 3. The van der Waals surface area contributed by atoms with Crippen LogP contribution < -0.4 is 10.1 Å². The number of nitrogens with one attached hydrogen (secondary N) is 1. The van der Waals surface area contributed by atoms with Crippen LogP contribution in [0.5, 0.6) is 5.75 Å². The van der Waals surface area contributed by atoms with Gasteiger partial charge >= 0.3 is 6.36 Å². The van der Waals surface area contributed by atoms with Crippen LogP contribution in [0, 0.1) is 11.3 Å². The fraction of sp³-hybridized carbons (Fsp3) is 0.250. The van der Waals surface area contributed by atoms with E-state index < -0.39 is 24.1 Å². The molecule has 196 valence electrons. The third kappa shape index (κ3) is 6.89. The molecule has 1 saturated heterocycles. The zero-order valence-corrected chi connectivity index (χ0v) is 20.3. The number of carbonyl (C=O) groups is 2. The van der Waals surface area contributed by atoms with E-state index in [1.54, 1.807) is 6.07 Å². The summed E-state index contributed by atoms with van der Waals surface area (Å²) in [5.41, 5.74) is 1.59. The van der Waals surface area contributed by atoms with Crippen LogP contribution in [0.4, 0.5) is 13.2 Å². The summed E-state index contributed by atoms with van der Waals surface area (Å²) in [6.07, 6.45) is -4.95. The number of amides is 2. The van der Waals surface area contributed by atoms with E-state index in [-0.39, 0.29) is 30.1 Å². The molecule has 1 atom stereocenters. The van der Waals surface area contributed by atoms with Gasteiger partial charge in [-0.15, -0.1) is 13.2 Å². The van der Waals surface area contributed by atoms with Crippen LogP contribution in [-0.4, -0.2) is 54.2 Å². The van der Waals surface area contributed by atoms with Gasteiger partial charge < -0.3 is 15.0 Å². The van der Waals surface area contributed by atoms with Gasteiger partial charge in [0.05, 0.1) is 11.6 Å². The highest BCUT2D eigenvalue weighted by Gasteiger charge is 2.33. The fourth-order valence-corrected chi connectivity index (χ4v) is 4.39. The summed E-state index contributed by atoms with van der Waals surface area (Å²) in [7, 11) is 0. The van der Waals surface area contributed by atoms with E-state index in [0.29, 0.717) is 19.6 Å². The first-order valence-corrected chi connectivity index (χ1v) is 11.9. The van der Waals surface area contributed by atoms with Crippen molar-refractivity contribution in [3.8, 4) is 11.8 Å². The van der Waals surface area contributed by atoms with Gasteiger partial charge in [0.15, 0.2) is 0 Å². The van der Waals surface area contributed by atoms with Crippen LogP contribution in [0.1, 0.15) is 33.1 Å². The molecular formula is C28H25F3N4O3. The molecule has 2 amide bonds. The number of rotatable bonds is 7. The molecule has 10 heteroatoms. The third-order valence-corrected chi connectivity index (χ3v) is 6.16. The topological polar surface area (TPSA) is 85.7 Å². The van der Waals surface area contributed by atoms with E-state index in [4.69, 9.17) is 0 Å². The van der Waals surface area contributed by atoms with Crippen LogP contribution in [0.15, 0.2) is 78.9 Å². The molecule has 4 rings (SSSR count). The third-order valence-electron chi connectivity index (χ3n) is 6.16. The molecule has 38 heavy (non-hydrogen) atoms. The molecule has 1 aliphatic rings. The molecule has 3 aromatic rings. The summed E-state index contributed by atoms with van der Waals surface area (Å²) in [5.74, 6) is -1.31. The Kier molecular flexibility index (Phi) is 8.28. The molecule has 0 saturated carbocycles. The van der Waals surface area contributed by atoms with Crippen molar-refractivity contribution in [2.24, 2.45) is 0 Å². The Labute approximate surface area is 218 Å². The lowest BCUT2D eigenvalue weighted by Crippen LogP contribution is -2.52. The zero-order valence-electron chi connectivity index (χ0n) is 20.3. The fourth-order valence-electron chi connectivity index (χ4n) is 4.39. The second-order valence-corrected chi connectivity index (χ2v) is 8.75. The highest BCUT2D eigenvalue weighted by Crippen LogP contribution is 2.27. The molecule has 1 heterocycles. The van der Waals surface area contributed by atoms with Gasteiger partial charge in [-0.2, -0.15) is 5.26 Å². The molecule has 3 aromatic carbocycles. The highest BCUT2D eigenvalue weighted by molar-refractivity contribution is 5.95. The quantitative estimate of drug-likeness (QED) is 0.501. The average molecular weight is 523 g/mol. The standard InChI is InChI=1S/C28H25F3N4O3/c29-28(30,31)38-24-16-21(18-32)15-23(17-24)27(37)35-13-11-34(12-14-35)25(22-9-5-2-6-10-22)26(36)33-19-20-7-3-1-4-8-20/h1-10,15-17,25H,11-14,19H2,(H,33,36)/t25-/m1/s1. The maximum absolute atomic E-state index is 13.3. The van der Waals surface area contributed by atoms with E-state index in [1.807, 2.05) is 65.6 Å². The Morgan fingerprint density at radius 1 is 0.947 bits per heavy atom. The first kappa shape index (κ1) is 26.7. The van der Waals surface area contributed by atoms with Crippen LogP contribution in [0.25, 0.3) is 0 Å². The maximum atomic E-state index is 13.3. The van der Waals surface area contributed by atoms with Crippen molar-refractivity contribution >= 4 is 11.8 Å². The van der Waals surface area contributed by atoms with E-state index in [9.17, 15) is 28.0 Å². The number of piperazine rings is 1. The van der Waals surface area contributed by atoms with Crippen LogP contribution in [-0.2, 0) is 11.3 Å². The maximum Gasteiger partial charge on any atom is 0.573 e. The first-order valence-electron chi connectivity index (χ1n) is 11.9. The molecule has 7 nitrogen and oxygen atoms in total. The van der Waals surface area contributed by atoms with Gasteiger partial charge in [0, 0.05) is 38.3 Å². The van der Waals surface area contributed by atoms with Crippen molar-refractivity contribution in [1.29, 1.82) is 5.26 Å². The van der Waals surface area contributed by atoms with Crippen LogP contribution in [0.2, 0.25) is 0 Å². The number of alkyl halides is 3. The zero-order chi connectivity index (χ0) is 27.1. The Hall–Kier alpha value is -4.36. The van der Waals surface area contributed by atoms with Gasteiger partial charge in [0.1, 0.15) is 11.8 Å². The van der Waals surface area contributed by atoms with Gasteiger partial charge in [-0.1, -0.05) is 60.7 Å². The molecule has 1 N–H and O–H groups in total.